The van der Waals surface area contributed by atoms with E-state index in [9.17, 15) is 17.6 Å². The third kappa shape index (κ3) is 5.90. The number of rotatable bonds is 7. The minimum atomic E-state index is -3.74. The highest BCUT2D eigenvalue weighted by Gasteiger charge is 2.33. The molecule has 0 unspecified atom stereocenters. The van der Waals surface area contributed by atoms with Crippen molar-refractivity contribution < 1.29 is 17.6 Å². The number of piperidine rings is 1. The van der Waals surface area contributed by atoms with Crippen LogP contribution in [0.25, 0.3) is 0 Å². The van der Waals surface area contributed by atoms with Crippen LogP contribution in [0, 0.1) is 11.7 Å². The lowest BCUT2D eigenvalue weighted by Gasteiger charge is -2.36. The van der Waals surface area contributed by atoms with Crippen LogP contribution < -0.4 is 10.2 Å². The zero-order valence-corrected chi connectivity index (χ0v) is 19.5. The summed E-state index contributed by atoms with van der Waals surface area (Å²) in [5.74, 6) is -0.952. The number of para-hydroxylation sites is 1. The Hall–Kier alpha value is -2.49. The Bertz CT molecular complexity index is 1030. The largest absolute Gasteiger partial charge is 0.369 e. The van der Waals surface area contributed by atoms with E-state index in [0.29, 0.717) is 25.9 Å². The minimum absolute atomic E-state index is 0.0552. The molecule has 0 bridgehead atoms. The highest BCUT2D eigenvalue weighted by molar-refractivity contribution is 7.89. The van der Waals surface area contributed by atoms with E-state index >= 15 is 0 Å². The van der Waals surface area contributed by atoms with Gasteiger partial charge in [0.15, 0.2) is 0 Å². The Morgan fingerprint density at radius 3 is 2.36 bits per heavy atom. The van der Waals surface area contributed by atoms with Crippen LogP contribution in [0.4, 0.5) is 10.1 Å². The maximum absolute atomic E-state index is 13.2. The number of benzene rings is 2. The van der Waals surface area contributed by atoms with Crippen molar-refractivity contribution in [1.29, 1.82) is 0 Å². The first kappa shape index (κ1) is 23.7. The number of carbonyl (C=O) groups excluding carboxylic acids is 1. The average Bonchev–Trinajstić information content (AvgIpc) is 2.85. The maximum atomic E-state index is 13.2. The fraction of sp³-hybridized carbons (Fsp3) is 0.458. The van der Waals surface area contributed by atoms with Crippen LogP contribution in [0.3, 0.4) is 0 Å². The number of sulfonamides is 1. The molecule has 0 aromatic heterocycles. The van der Waals surface area contributed by atoms with Crippen LogP contribution in [-0.4, -0.2) is 75.9 Å². The van der Waals surface area contributed by atoms with Gasteiger partial charge in [-0.1, -0.05) is 18.2 Å². The molecule has 4 rings (SSSR count). The number of nitrogens with one attached hydrogen (secondary N) is 1. The molecular formula is C24H31FN4O3S. The fourth-order valence-electron chi connectivity index (χ4n) is 4.48. The Balaban J connectivity index is 1.22. The topological polar surface area (TPSA) is 73.0 Å². The Labute approximate surface area is 195 Å². The molecule has 2 aromatic carbocycles. The van der Waals surface area contributed by atoms with Gasteiger partial charge < -0.3 is 10.2 Å². The summed E-state index contributed by atoms with van der Waals surface area (Å²) in [7, 11) is -3.74. The summed E-state index contributed by atoms with van der Waals surface area (Å²) < 4.78 is 40.3. The van der Waals surface area contributed by atoms with Crippen LogP contribution in [0.5, 0.6) is 0 Å². The lowest BCUT2D eigenvalue weighted by molar-refractivity contribution is -0.126. The predicted octanol–water partition coefficient (Wildman–Crippen LogP) is 2.16. The van der Waals surface area contributed by atoms with Gasteiger partial charge in [-0.3, -0.25) is 9.69 Å². The van der Waals surface area contributed by atoms with Crippen LogP contribution in [-0.2, 0) is 14.8 Å². The van der Waals surface area contributed by atoms with Gasteiger partial charge in [-0.25, -0.2) is 12.8 Å². The standard InChI is InChI=1S/C24H31FN4O3S/c25-21-8-10-23(11-9-21)33(31,32)29-13-4-5-20(19-29)24(30)26-12-14-27-15-17-28(18-16-27)22-6-2-1-3-7-22/h1-3,6-11,20H,4-5,12-19H2,(H,26,30)/t20-/m1/s1. The maximum Gasteiger partial charge on any atom is 0.243 e. The summed E-state index contributed by atoms with van der Waals surface area (Å²) in [6.07, 6.45) is 1.29. The number of halogens is 1. The van der Waals surface area contributed by atoms with Gasteiger partial charge in [-0.15, -0.1) is 0 Å². The summed E-state index contributed by atoms with van der Waals surface area (Å²) in [5, 5.41) is 3.00. The van der Waals surface area contributed by atoms with E-state index in [-0.39, 0.29) is 23.3 Å². The van der Waals surface area contributed by atoms with E-state index in [2.05, 4.69) is 39.4 Å². The van der Waals surface area contributed by atoms with E-state index in [1.54, 1.807) is 0 Å². The molecule has 0 saturated carbocycles. The van der Waals surface area contributed by atoms with Gasteiger partial charge >= 0.3 is 0 Å². The van der Waals surface area contributed by atoms with E-state index in [1.165, 1.54) is 22.1 Å². The van der Waals surface area contributed by atoms with E-state index < -0.39 is 15.8 Å². The first-order chi connectivity index (χ1) is 15.9. The molecule has 1 N–H and O–H groups in total. The number of hydrogen-bond acceptors (Lipinski definition) is 5. The Morgan fingerprint density at radius 2 is 1.67 bits per heavy atom. The van der Waals surface area contributed by atoms with Gasteiger partial charge in [0.05, 0.1) is 10.8 Å². The quantitative estimate of drug-likeness (QED) is 0.666. The molecular weight excluding hydrogens is 443 g/mol. The van der Waals surface area contributed by atoms with E-state index in [0.717, 1.165) is 44.9 Å². The normalized spacial score (nSPS) is 20.5. The van der Waals surface area contributed by atoms with Crippen LogP contribution in [0.1, 0.15) is 12.8 Å². The zero-order chi connectivity index (χ0) is 23.3. The number of hydrogen-bond donors (Lipinski definition) is 1. The predicted molar refractivity (Wildman–Crippen MR) is 126 cm³/mol. The van der Waals surface area contributed by atoms with Crippen molar-refractivity contribution in [3.05, 3.63) is 60.4 Å². The van der Waals surface area contributed by atoms with Crippen molar-refractivity contribution in [3.8, 4) is 0 Å². The van der Waals surface area contributed by atoms with Crippen molar-refractivity contribution >= 4 is 21.6 Å². The van der Waals surface area contributed by atoms with Crippen molar-refractivity contribution in [2.75, 3.05) is 57.3 Å². The minimum Gasteiger partial charge on any atom is -0.369 e. The lowest BCUT2D eigenvalue weighted by atomic mass is 9.99. The summed E-state index contributed by atoms with van der Waals surface area (Å²) in [6, 6.07) is 15.2. The summed E-state index contributed by atoms with van der Waals surface area (Å²) in [6.45, 7) is 5.64. The first-order valence-corrected chi connectivity index (χ1v) is 12.9. The van der Waals surface area contributed by atoms with Gasteiger partial charge in [-0.05, 0) is 49.2 Å². The number of piperazine rings is 1. The lowest BCUT2D eigenvalue weighted by Crippen LogP contribution is -2.49. The van der Waals surface area contributed by atoms with Crippen LogP contribution in [0.2, 0.25) is 0 Å². The van der Waals surface area contributed by atoms with E-state index in [1.807, 2.05) is 6.07 Å². The molecule has 9 heteroatoms. The molecule has 2 heterocycles. The molecule has 2 saturated heterocycles. The van der Waals surface area contributed by atoms with Gasteiger partial charge in [0.1, 0.15) is 5.82 Å². The Kier molecular flexibility index (Phi) is 7.62. The number of nitrogens with zero attached hydrogens (tertiary/aromatic N) is 3. The second kappa shape index (κ2) is 10.6. The number of carbonyl (C=O) groups is 1. The van der Waals surface area contributed by atoms with E-state index in [4.69, 9.17) is 0 Å². The van der Waals surface area contributed by atoms with Crippen molar-refractivity contribution in [2.24, 2.45) is 5.92 Å². The summed E-state index contributed by atoms with van der Waals surface area (Å²) in [5.41, 5.74) is 1.24. The first-order valence-electron chi connectivity index (χ1n) is 11.5. The molecule has 1 atom stereocenters. The van der Waals surface area contributed by atoms with Gasteiger partial charge in [0.2, 0.25) is 15.9 Å². The van der Waals surface area contributed by atoms with Crippen molar-refractivity contribution in [1.82, 2.24) is 14.5 Å². The third-order valence-corrected chi connectivity index (χ3v) is 8.31. The highest BCUT2D eigenvalue weighted by atomic mass is 32.2. The monoisotopic (exact) mass is 474 g/mol. The third-order valence-electron chi connectivity index (χ3n) is 6.43. The van der Waals surface area contributed by atoms with Gasteiger partial charge in [0.25, 0.3) is 0 Å². The molecule has 2 fully saturated rings. The van der Waals surface area contributed by atoms with Gasteiger partial charge in [-0.2, -0.15) is 4.31 Å². The van der Waals surface area contributed by atoms with Crippen LogP contribution >= 0.6 is 0 Å². The molecule has 7 nitrogen and oxygen atoms in total. The molecule has 2 aliphatic rings. The molecule has 0 spiro atoms. The molecule has 0 radical (unpaired) electrons. The average molecular weight is 475 g/mol. The molecule has 1 amide bonds. The molecule has 0 aliphatic carbocycles. The highest BCUT2D eigenvalue weighted by Crippen LogP contribution is 2.24. The summed E-state index contributed by atoms with van der Waals surface area (Å²) >= 11 is 0. The second-order valence-corrected chi connectivity index (χ2v) is 10.5. The molecule has 178 valence electrons. The SMILES string of the molecule is O=C(NCCN1CCN(c2ccccc2)CC1)[C@@H]1CCCN(S(=O)(=O)c2ccc(F)cc2)C1. The molecule has 2 aliphatic heterocycles. The number of amides is 1. The van der Waals surface area contributed by atoms with Crippen molar-refractivity contribution in [2.45, 2.75) is 17.7 Å². The fourth-order valence-corrected chi connectivity index (χ4v) is 6.00. The zero-order valence-electron chi connectivity index (χ0n) is 18.7. The smallest absolute Gasteiger partial charge is 0.243 e. The van der Waals surface area contributed by atoms with Gasteiger partial charge in [0, 0.05) is 58.0 Å². The number of anilines is 1. The summed E-state index contributed by atoms with van der Waals surface area (Å²) in [4.78, 5) is 17.5. The second-order valence-electron chi connectivity index (χ2n) is 8.61. The molecule has 33 heavy (non-hydrogen) atoms. The Morgan fingerprint density at radius 1 is 0.970 bits per heavy atom. The molecule has 2 aromatic rings. The van der Waals surface area contributed by atoms with Crippen LogP contribution in [0.15, 0.2) is 59.5 Å². The van der Waals surface area contributed by atoms with Crippen molar-refractivity contribution in [3.63, 3.8) is 0 Å².